The molecule has 1 aliphatic rings. The summed E-state index contributed by atoms with van der Waals surface area (Å²) < 4.78 is 0.664. The maximum atomic E-state index is 12.2. The minimum Gasteiger partial charge on any atom is -0.390 e. The number of aromatic nitrogens is 1. The van der Waals surface area contributed by atoms with Crippen molar-refractivity contribution in [2.75, 3.05) is 20.1 Å². The summed E-state index contributed by atoms with van der Waals surface area (Å²) in [5.74, 6) is -0.190. The van der Waals surface area contributed by atoms with Crippen LogP contribution in [-0.4, -0.2) is 53.2 Å². The maximum Gasteiger partial charge on any atom is 0.273 e. The number of aliphatic hydroxyl groups is 1. The van der Waals surface area contributed by atoms with Gasteiger partial charge >= 0.3 is 0 Å². The van der Waals surface area contributed by atoms with Crippen molar-refractivity contribution in [2.24, 2.45) is 0 Å². The largest absolute Gasteiger partial charge is 0.390 e. The van der Waals surface area contributed by atoms with Gasteiger partial charge in [-0.1, -0.05) is 0 Å². The average Bonchev–Trinajstić information content (AvgIpc) is 2.74. The van der Waals surface area contributed by atoms with Crippen LogP contribution in [0.15, 0.2) is 22.8 Å². The first kappa shape index (κ1) is 12.5. The molecule has 17 heavy (non-hydrogen) atoms. The fourth-order valence-corrected chi connectivity index (χ4v) is 2.33. The van der Waals surface area contributed by atoms with Crippen molar-refractivity contribution in [1.29, 1.82) is 0 Å². The molecule has 1 aromatic rings. The molecule has 92 valence electrons. The van der Waals surface area contributed by atoms with Crippen LogP contribution in [0.25, 0.3) is 0 Å². The van der Waals surface area contributed by atoms with Gasteiger partial charge in [0.2, 0.25) is 0 Å². The summed E-state index contributed by atoms with van der Waals surface area (Å²) in [7, 11) is 1.68. The molecular weight excluding hydrogens is 286 g/mol. The minimum absolute atomic E-state index is 0.190. The first-order valence-corrected chi connectivity index (χ1v) is 6.17. The fourth-order valence-electron chi connectivity index (χ4n) is 1.91. The molecular formula is C11H14BrN3O2. The van der Waals surface area contributed by atoms with Crippen LogP contribution >= 0.6 is 15.9 Å². The Kier molecular flexibility index (Phi) is 3.76. The van der Waals surface area contributed by atoms with Crippen LogP contribution in [0.5, 0.6) is 0 Å². The Hall–Kier alpha value is -0.980. The normalized spacial score (nSPS) is 23.7. The van der Waals surface area contributed by atoms with Crippen molar-refractivity contribution in [3.63, 3.8) is 0 Å². The summed E-state index contributed by atoms with van der Waals surface area (Å²) in [5.41, 5.74) is 0.370. The molecule has 0 radical (unpaired) electrons. The standard InChI is InChI=1S/C11H14BrN3O2/c1-15(8-5-13-6-9(8)16)11(17)10-7(12)3-2-4-14-10/h2-4,8-9,13,16H,5-6H2,1H3/t8-,9-/m0/s1. The number of pyridine rings is 1. The SMILES string of the molecule is CN(C(=O)c1ncccc1Br)[C@H]1CNC[C@@H]1O. The van der Waals surface area contributed by atoms with Gasteiger partial charge in [-0.2, -0.15) is 0 Å². The number of hydrogen-bond donors (Lipinski definition) is 2. The first-order chi connectivity index (χ1) is 8.11. The predicted molar refractivity (Wildman–Crippen MR) is 66.7 cm³/mol. The Morgan fingerprint density at radius 1 is 1.65 bits per heavy atom. The number of halogens is 1. The third kappa shape index (κ3) is 2.48. The van der Waals surface area contributed by atoms with Crippen LogP contribution in [0.2, 0.25) is 0 Å². The van der Waals surface area contributed by atoms with Gasteiger partial charge in [0.05, 0.1) is 12.1 Å². The topological polar surface area (TPSA) is 65.5 Å². The van der Waals surface area contributed by atoms with Gasteiger partial charge in [-0.3, -0.25) is 4.79 Å². The van der Waals surface area contributed by atoms with Crippen LogP contribution in [0, 0.1) is 0 Å². The molecule has 0 aromatic carbocycles. The molecule has 2 rings (SSSR count). The third-order valence-corrected chi connectivity index (χ3v) is 3.57. The van der Waals surface area contributed by atoms with Gasteiger partial charge in [-0.25, -0.2) is 4.98 Å². The molecule has 1 saturated heterocycles. The Morgan fingerprint density at radius 3 is 3.00 bits per heavy atom. The predicted octanol–water partition coefficient (Wildman–Crippen LogP) is 0.249. The third-order valence-electron chi connectivity index (χ3n) is 2.93. The molecule has 0 spiro atoms. The van der Waals surface area contributed by atoms with Gasteiger partial charge in [-0.05, 0) is 28.1 Å². The van der Waals surface area contributed by atoms with Crippen LogP contribution in [0.1, 0.15) is 10.5 Å². The van der Waals surface area contributed by atoms with Gasteiger partial charge in [0.1, 0.15) is 5.69 Å². The van der Waals surface area contributed by atoms with E-state index in [-0.39, 0.29) is 11.9 Å². The second-order valence-electron chi connectivity index (χ2n) is 4.04. The number of carbonyl (C=O) groups is 1. The zero-order valence-electron chi connectivity index (χ0n) is 9.43. The molecule has 1 fully saturated rings. The highest BCUT2D eigenvalue weighted by Gasteiger charge is 2.32. The van der Waals surface area contributed by atoms with E-state index in [1.807, 2.05) is 0 Å². The number of aliphatic hydroxyl groups excluding tert-OH is 1. The number of β-amino-alcohol motifs (C(OH)–C–C–N with tert-alkyl or cyclic N) is 1. The number of nitrogens with one attached hydrogen (secondary N) is 1. The maximum absolute atomic E-state index is 12.2. The quantitative estimate of drug-likeness (QED) is 0.822. The summed E-state index contributed by atoms with van der Waals surface area (Å²) >= 11 is 3.30. The summed E-state index contributed by atoms with van der Waals surface area (Å²) in [6.07, 6.45) is 1.06. The number of likely N-dealkylation sites (N-methyl/N-ethyl adjacent to an activating group) is 1. The molecule has 2 heterocycles. The molecule has 1 amide bonds. The second kappa shape index (κ2) is 5.12. The smallest absolute Gasteiger partial charge is 0.273 e. The van der Waals surface area contributed by atoms with Crippen LogP contribution < -0.4 is 5.32 Å². The van der Waals surface area contributed by atoms with Gasteiger partial charge in [0, 0.05) is 30.8 Å². The highest BCUT2D eigenvalue weighted by molar-refractivity contribution is 9.10. The lowest BCUT2D eigenvalue weighted by molar-refractivity contribution is 0.0575. The number of amides is 1. The molecule has 0 bridgehead atoms. The summed E-state index contributed by atoms with van der Waals surface area (Å²) in [6, 6.07) is 3.33. The molecule has 0 aliphatic carbocycles. The molecule has 1 aromatic heterocycles. The lowest BCUT2D eigenvalue weighted by Crippen LogP contribution is -2.44. The van der Waals surface area contributed by atoms with Crippen LogP contribution in [-0.2, 0) is 0 Å². The number of rotatable bonds is 2. The van der Waals surface area contributed by atoms with E-state index in [0.29, 0.717) is 23.3 Å². The van der Waals surface area contributed by atoms with Crippen LogP contribution in [0.3, 0.4) is 0 Å². The first-order valence-electron chi connectivity index (χ1n) is 5.37. The van der Waals surface area contributed by atoms with Gasteiger partial charge in [-0.15, -0.1) is 0 Å². The highest BCUT2D eigenvalue weighted by atomic mass is 79.9. The Balaban J connectivity index is 2.17. The van der Waals surface area contributed by atoms with E-state index in [1.165, 1.54) is 4.90 Å². The molecule has 1 aliphatic heterocycles. The molecule has 0 unspecified atom stereocenters. The van der Waals surface area contributed by atoms with E-state index in [1.54, 1.807) is 25.4 Å². The van der Waals surface area contributed by atoms with Crippen molar-refractivity contribution in [3.05, 3.63) is 28.5 Å². The van der Waals surface area contributed by atoms with Crippen LogP contribution in [0.4, 0.5) is 0 Å². The zero-order chi connectivity index (χ0) is 12.4. The van der Waals surface area contributed by atoms with Crippen molar-refractivity contribution in [3.8, 4) is 0 Å². The lowest BCUT2D eigenvalue weighted by Gasteiger charge is -2.26. The molecule has 2 atom stereocenters. The number of hydrogen-bond acceptors (Lipinski definition) is 4. The van der Waals surface area contributed by atoms with E-state index >= 15 is 0 Å². The Morgan fingerprint density at radius 2 is 2.41 bits per heavy atom. The van der Waals surface area contributed by atoms with Crippen molar-refractivity contribution >= 4 is 21.8 Å². The molecule has 5 nitrogen and oxygen atoms in total. The van der Waals surface area contributed by atoms with Crippen molar-refractivity contribution in [1.82, 2.24) is 15.2 Å². The zero-order valence-corrected chi connectivity index (χ0v) is 11.0. The van der Waals surface area contributed by atoms with Crippen molar-refractivity contribution < 1.29 is 9.90 Å². The minimum atomic E-state index is -0.522. The Labute approximate surface area is 108 Å². The average molecular weight is 300 g/mol. The number of carbonyl (C=O) groups excluding carboxylic acids is 1. The summed E-state index contributed by atoms with van der Waals surface area (Å²) in [5, 5.41) is 12.8. The Bertz CT molecular complexity index is 427. The van der Waals surface area contributed by atoms with Crippen molar-refractivity contribution in [2.45, 2.75) is 12.1 Å². The van der Waals surface area contributed by atoms with E-state index in [2.05, 4.69) is 26.2 Å². The van der Waals surface area contributed by atoms with Gasteiger partial charge in [0.15, 0.2) is 0 Å². The monoisotopic (exact) mass is 299 g/mol. The highest BCUT2D eigenvalue weighted by Crippen LogP contribution is 2.17. The molecule has 2 N–H and O–H groups in total. The second-order valence-corrected chi connectivity index (χ2v) is 4.90. The van der Waals surface area contributed by atoms with E-state index < -0.39 is 6.10 Å². The summed E-state index contributed by atoms with van der Waals surface area (Å²) in [4.78, 5) is 17.8. The van der Waals surface area contributed by atoms with Gasteiger partial charge < -0.3 is 15.3 Å². The van der Waals surface area contributed by atoms with E-state index in [9.17, 15) is 9.90 Å². The van der Waals surface area contributed by atoms with E-state index in [4.69, 9.17) is 0 Å². The van der Waals surface area contributed by atoms with E-state index in [0.717, 1.165) is 0 Å². The number of nitrogens with zero attached hydrogens (tertiary/aromatic N) is 2. The fraction of sp³-hybridized carbons (Fsp3) is 0.455. The molecule has 6 heteroatoms. The van der Waals surface area contributed by atoms with Gasteiger partial charge in [0.25, 0.3) is 5.91 Å². The summed E-state index contributed by atoms with van der Waals surface area (Å²) in [6.45, 7) is 1.12. The lowest BCUT2D eigenvalue weighted by atomic mass is 10.2. The molecule has 0 saturated carbocycles.